The lowest BCUT2D eigenvalue weighted by Crippen LogP contribution is -1.77. The zero-order valence-electron chi connectivity index (χ0n) is 9.83. The third kappa shape index (κ3) is 1.73. The van der Waals surface area contributed by atoms with Crippen molar-refractivity contribution in [3.8, 4) is 10.6 Å². The van der Waals surface area contributed by atoms with E-state index in [0.717, 1.165) is 10.7 Å². The number of aryl methyl sites for hydroxylation is 2. The number of fused-ring (bicyclic) bond motifs is 1. The highest BCUT2D eigenvalue weighted by Crippen LogP contribution is 2.42. The summed E-state index contributed by atoms with van der Waals surface area (Å²) in [4.78, 5) is 1.32. The van der Waals surface area contributed by atoms with E-state index in [-0.39, 0.29) is 0 Å². The lowest BCUT2D eigenvalue weighted by Gasteiger charge is -1.95. The van der Waals surface area contributed by atoms with Crippen LogP contribution in [0.1, 0.15) is 11.1 Å². The number of H-pyrrole nitrogens is 1. The molecule has 0 fully saturated rings. The second-order valence-electron chi connectivity index (χ2n) is 3.96. The van der Waals surface area contributed by atoms with Gasteiger partial charge in [-0.1, -0.05) is 0 Å². The number of rotatable bonds is 2. The second kappa shape index (κ2) is 4.15. The monoisotopic (exact) mass is 280 g/mol. The summed E-state index contributed by atoms with van der Waals surface area (Å²) in [6.07, 6.45) is 2.05. The summed E-state index contributed by atoms with van der Waals surface area (Å²) < 4.78 is 1.41. The normalized spacial score (nSPS) is 11.5. The van der Waals surface area contributed by atoms with Gasteiger partial charge in [0.15, 0.2) is 0 Å². The van der Waals surface area contributed by atoms with Gasteiger partial charge in [0.05, 0.1) is 14.6 Å². The zero-order valence-corrected chi connectivity index (χ0v) is 12.3. The van der Waals surface area contributed by atoms with Crippen LogP contribution >= 0.6 is 34.4 Å². The standard InChI is InChI=1S/C12H12N2S3/c1-6-5-16-12-10(6)7(2)11(17-12)8-4-9(15-3)14-13-8/h4-5H,1-3H3,(H,13,14). The van der Waals surface area contributed by atoms with Gasteiger partial charge in [0.2, 0.25) is 0 Å². The molecule has 0 saturated carbocycles. The maximum absolute atomic E-state index is 4.28. The van der Waals surface area contributed by atoms with Gasteiger partial charge in [-0.25, -0.2) is 0 Å². The van der Waals surface area contributed by atoms with Crippen LogP contribution in [-0.2, 0) is 0 Å². The molecule has 0 aliphatic rings. The van der Waals surface area contributed by atoms with Crippen molar-refractivity contribution in [3.05, 3.63) is 22.6 Å². The quantitative estimate of drug-likeness (QED) is 0.690. The minimum absolute atomic E-state index is 1.05. The van der Waals surface area contributed by atoms with Crippen molar-refractivity contribution >= 4 is 43.8 Å². The molecule has 17 heavy (non-hydrogen) atoms. The van der Waals surface area contributed by atoms with Crippen molar-refractivity contribution in [3.63, 3.8) is 0 Å². The van der Waals surface area contributed by atoms with Crippen LogP contribution in [0.3, 0.4) is 0 Å². The van der Waals surface area contributed by atoms with Crippen LogP contribution in [0.5, 0.6) is 0 Å². The molecule has 5 heteroatoms. The van der Waals surface area contributed by atoms with E-state index in [1.165, 1.54) is 25.4 Å². The van der Waals surface area contributed by atoms with E-state index in [2.05, 4.69) is 35.5 Å². The molecule has 0 atom stereocenters. The van der Waals surface area contributed by atoms with Gasteiger partial charge in [0.1, 0.15) is 5.03 Å². The Kier molecular flexibility index (Phi) is 2.77. The molecule has 0 saturated heterocycles. The summed E-state index contributed by atoms with van der Waals surface area (Å²) in [5.74, 6) is 0. The van der Waals surface area contributed by atoms with Crippen LogP contribution in [0.25, 0.3) is 20.0 Å². The van der Waals surface area contributed by atoms with Crippen LogP contribution < -0.4 is 0 Å². The summed E-state index contributed by atoms with van der Waals surface area (Å²) in [5, 5.41) is 12.1. The topological polar surface area (TPSA) is 28.7 Å². The number of nitrogens with zero attached hydrogens (tertiary/aromatic N) is 1. The molecule has 3 aromatic rings. The summed E-state index contributed by atoms with van der Waals surface area (Å²) in [7, 11) is 0. The van der Waals surface area contributed by atoms with Crippen molar-refractivity contribution in [2.75, 3.05) is 6.26 Å². The van der Waals surface area contributed by atoms with Gasteiger partial charge < -0.3 is 0 Å². The Morgan fingerprint density at radius 3 is 2.82 bits per heavy atom. The molecular weight excluding hydrogens is 268 g/mol. The Morgan fingerprint density at radius 1 is 1.35 bits per heavy atom. The number of hydrogen-bond acceptors (Lipinski definition) is 4. The fraction of sp³-hybridized carbons (Fsp3) is 0.250. The maximum Gasteiger partial charge on any atom is 0.118 e. The molecule has 0 bridgehead atoms. The Bertz CT molecular complexity index is 675. The van der Waals surface area contributed by atoms with Crippen LogP contribution in [0.4, 0.5) is 0 Å². The molecule has 0 aromatic carbocycles. The average Bonchev–Trinajstić information content (AvgIpc) is 2.97. The van der Waals surface area contributed by atoms with Gasteiger partial charge in [-0.05, 0) is 42.7 Å². The number of thiophene rings is 2. The van der Waals surface area contributed by atoms with Crippen LogP contribution in [0.15, 0.2) is 16.5 Å². The lowest BCUT2D eigenvalue weighted by molar-refractivity contribution is 1.01. The van der Waals surface area contributed by atoms with Crippen molar-refractivity contribution in [1.82, 2.24) is 10.2 Å². The molecule has 0 spiro atoms. The first kappa shape index (κ1) is 11.3. The predicted octanol–water partition coefficient (Wildman–Crippen LogP) is 4.69. The number of nitrogens with one attached hydrogen (secondary N) is 1. The molecule has 0 aliphatic carbocycles. The Morgan fingerprint density at radius 2 is 2.18 bits per heavy atom. The third-order valence-corrected chi connectivity index (χ3v) is 6.04. The highest BCUT2D eigenvalue weighted by molar-refractivity contribution is 7.98. The molecule has 2 nitrogen and oxygen atoms in total. The minimum atomic E-state index is 1.05. The first-order valence-corrected chi connectivity index (χ1v) is 8.19. The Hall–Kier alpha value is -0.780. The Balaban J connectivity index is 2.20. The van der Waals surface area contributed by atoms with E-state index in [9.17, 15) is 0 Å². The van der Waals surface area contributed by atoms with Crippen LogP contribution in [0, 0.1) is 13.8 Å². The van der Waals surface area contributed by atoms with Gasteiger partial charge in [-0.2, -0.15) is 5.10 Å². The second-order valence-corrected chi connectivity index (χ2v) is 6.95. The number of thioether (sulfide) groups is 1. The van der Waals surface area contributed by atoms with E-state index in [0.29, 0.717) is 0 Å². The third-order valence-electron chi connectivity index (χ3n) is 2.86. The van der Waals surface area contributed by atoms with E-state index < -0.39 is 0 Å². The number of aromatic nitrogens is 2. The number of hydrogen-bond donors (Lipinski definition) is 1. The van der Waals surface area contributed by atoms with Gasteiger partial charge in [0.25, 0.3) is 0 Å². The van der Waals surface area contributed by atoms with E-state index in [1.807, 2.05) is 28.9 Å². The van der Waals surface area contributed by atoms with Crippen molar-refractivity contribution in [1.29, 1.82) is 0 Å². The molecule has 0 radical (unpaired) electrons. The van der Waals surface area contributed by atoms with Gasteiger partial charge in [-0.15, -0.1) is 34.4 Å². The van der Waals surface area contributed by atoms with Crippen LogP contribution in [0.2, 0.25) is 0 Å². The highest BCUT2D eigenvalue weighted by Gasteiger charge is 2.15. The van der Waals surface area contributed by atoms with Gasteiger partial charge >= 0.3 is 0 Å². The fourth-order valence-electron chi connectivity index (χ4n) is 2.01. The van der Waals surface area contributed by atoms with Crippen molar-refractivity contribution < 1.29 is 0 Å². The Labute approximate surface area is 112 Å². The lowest BCUT2D eigenvalue weighted by atomic mass is 10.1. The van der Waals surface area contributed by atoms with E-state index >= 15 is 0 Å². The van der Waals surface area contributed by atoms with Gasteiger partial charge in [0, 0.05) is 5.39 Å². The number of aromatic amines is 1. The van der Waals surface area contributed by atoms with Crippen LogP contribution in [-0.4, -0.2) is 16.5 Å². The summed E-state index contributed by atoms with van der Waals surface area (Å²) in [6, 6.07) is 2.13. The molecule has 3 aromatic heterocycles. The van der Waals surface area contributed by atoms with Crippen molar-refractivity contribution in [2.45, 2.75) is 18.9 Å². The van der Waals surface area contributed by atoms with E-state index in [4.69, 9.17) is 0 Å². The molecule has 1 N–H and O–H groups in total. The van der Waals surface area contributed by atoms with Gasteiger partial charge in [-0.3, -0.25) is 5.10 Å². The summed E-state index contributed by atoms with van der Waals surface area (Å²) in [5.41, 5.74) is 3.90. The largest absolute Gasteiger partial charge is 0.276 e. The average molecular weight is 280 g/mol. The van der Waals surface area contributed by atoms with E-state index in [1.54, 1.807) is 11.8 Å². The molecule has 3 heterocycles. The minimum Gasteiger partial charge on any atom is -0.276 e. The fourth-order valence-corrected chi connectivity index (χ4v) is 4.87. The first-order chi connectivity index (χ1) is 8.20. The molecule has 0 amide bonds. The van der Waals surface area contributed by atoms with Crippen molar-refractivity contribution in [2.24, 2.45) is 0 Å². The summed E-state index contributed by atoms with van der Waals surface area (Å²) >= 11 is 5.36. The first-order valence-electron chi connectivity index (χ1n) is 5.27. The molecule has 0 aliphatic heterocycles. The highest BCUT2D eigenvalue weighted by atomic mass is 32.2. The SMILES string of the molecule is CSc1cc(-c2sc3scc(C)c3c2C)[nH]n1. The zero-order chi connectivity index (χ0) is 12.0. The smallest absolute Gasteiger partial charge is 0.118 e. The molecule has 0 unspecified atom stereocenters. The molecular formula is C12H12N2S3. The maximum atomic E-state index is 4.28. The summed E-state index contributed by atoms with van der Waals surface area (Å²) in [6.45, 7) is 4.39. The molecule has 3 rings (SSSR count). The predicted molar refractivity (Wildman–Crippen MR) is 78.5 cm³/mol. The molecule has 88 valence electrons.